The summed E-state index contributed by atoms with van der Waals surface area (Å²) in [7, 11) is 0. The van der Waals surface area contributed by atoms with E-state index in [1.165, 1.54) is 3.57 Å². The number of hydrogen-bond acceptors (Lipinski definition) is 2. The molecule has 0 fully saturated rings. The first-order valence-corrected chi connectivity index (χ1v) is 5.45. The van der Waals surface area contributed by atoms with Gasteiger partial charge in [-0.05, 0) is 46.9 Å². The van der Waals surface area contributed by atoms with Crippen LogP contribution in [0.5, 0.6) is 5.75 Å². The number of benzene rings is 1. The summed E-state index contributed by atoms with van der Waals surface area (Å²) in [5.74, 6) is 0.830. The molecule has 0 heterocycles. The summed E-state index contributed by atoms with van der Waals surface area (Å²) in [5.41, 5.74) is 0. The van der Waals surface area contributed by atoms with Gasteiger partial charge in [-0.3, -0.25) is 0 Å². The second kappa shape index (κ2) is 7.03. The molecular formula is C10H12IO3. The molecule has 0 saturated heterocycles. The molecule has 1 rings (SSSR count). The van der Waals surface area contributed by atoms with E-state index in [9.17, 15) is 5.11 Å². The number of hydrogen-bond donors (Lipinski definition) is 0. The summed E-state index contributed by atoms with van der Waals surface area (Å²) in [5, 5.41) is 10.0. The molecule has 1 aromatic carbocycles. The standard InChI is InChI=1S/C10H12IO3/c11-9-1-3-10(4-2-9)14-8-7-13-6-5-12/h1-4H,5-8H2. The Bertz CT molecular complexity index is 248. The average Bonchev–Trinajstić information content (AvgIpc) is 2.21. The summed E-state index contributed by atoms with van der Waals surface area (Å²) in [6.45, 7) is 1.02. The SMILES string of the molecule is [O]CCOCCOc1ccc(I)cc1. The molecule has 0 bridgehead atoms. The largest absolute Gasteiger partial charge is 0.491 e. The van der Waals surface area contributed by atoms with Crippen LogP contribution in [0.15, 0.2) is 24.3 Å². The third-order valence-corrected chi connectivity index (χ3v) is 2.26. The van der Waals surface area contributed by atoms with E-state index in [4.69, 9.17) is 9.47 Å². The molecule has 0 N–H and O–H groups in total. The maximum absolute atomic E-state index is 10.0. The van der Waals surface area contributed by atoms with Crippen molar-refractivity contribution < 1.29 is 14.6 Å². The highest BCUT2D eigenvalue weighted by atomic mass is 127. The van der Waals surface area contributed by atoms with Crippen molar-refractivity contribution in [1.29, 1.82) is 0 Å². The van der Waals surface area contributed by atoms with E-state index in [-0.39, 0.29) is 13.2 Å². The lowest BCUT2D eigenvalue weighted by Gasteiger charge is -2.05. The van der Waals surface area contributed by atoms with Crippen molar-refractivity contribution in [2.24, 2.45) is 0 Å². The van der Waals surface area contributed by atoms with Crippen LogP contribution in [-0.4, -0.2) is 26.4 Å². The quantitative estimate of drug-likeness (QED) is 0.596. The molecule has 0 aliphatic heterocycles. The number of rotatable bonds is 6. The van der Waals surface area contributed by atoms with Crippen LogP contribution in [0.25, 0.3) is 0 Å². The molecular weight excluding hydrogens is 295 g/mol. The molecule has 0 aliphatic carbocycles. The van der Waals surface area contributed by atoms with Crippen LogP contribution in [0.4, 0.5) is 0 Å². The monoisotopic (exact) mass is 307 g/mol. The van der Waals surface area contributed by atoms with E-state index in [2.05, 4.69) is 22.6 Å². The van der Waals surface area contributed by atoms with Gasteiger partial charge < -0.3 is 9.47 Å². The fraction of sp³-hybridized carbons (Fsp3) is 0.400. The first kappa shape index (κ1) is 11.7. The lowest BCUT2D eigenvalue weighted by Crippen LogP contribution is -2.08. The summed E-state index contributed by atoms with van der Waals surface area (Å²) in [6.07, 6.45) is 0. The van der Waals surface area contributed by atoms with Gasteiger partial charge in [0, 0.05) is 3.57 Å². The Balaban J connectivity index is 2.15. The molecule has 0 aromatic heterocycles. The summed E-state index contributed by atoms with van der Waals surface area (Å²) in [6, 6.07) is 7.79. The van der Waals surface area contributed by atoms with Crippen molar-refractivity contribution >= 4 is 22.6 Å². The van der Waals surface area contributed by atoms with Gasteiger partial charge in [0.1, 0.15) is 19.0 Å². The zero-order chi connectivity index (χ0) is 10.2. The molecule has 14 heavy (non-hydrogen) atoms. The van der Waals surface area contributed by atoms with Crippen molar-refractivity contribution in [2.45, 2.75) is 0 Å². The molecule has 0 amide bonds. The Morgan fingerprint density at radius 2 is 1.79 bits per heavy atom. The van der Waals surface area contributed by atoms with Gasteiger partial charge in [0.15, 0.2) is 0 Å². The molecule has 0 spiro atoms. The minimum atomic E-state index is -0.191. The van der Waals surface area contributed by atoms with Crippen molar-refractivity contribution in [3.05, 3.63) is 27.8 Å². The van der Waals surface area contributed by atoms with Gasteiger partial charge in [0.2, 0.25) is 0 Å². The van der Waals surface area contributed by atoms with Crippen molar-refractivity contribution in [2.75, 3.05) is 26.4 Å². The van der Waals surface area contributed by atoms with Crippen LogP contribution in [0.3, 0.4) is 0 Å². The molecule has 3 nitrogen and oxygen atoms in total. The summed E-state index contributed by atoms with van der Waals surface area (Å²) < 4.78 is 11.5. The molecule has 0 aliphatic rings. The number of ether oxygens (including phenoxy) is 2. The zero-order valence-electron chi connectivity index (χ0n) is 7.74. The third-order valence-electron chi connectivity index (χ3n) is 1.54. The first-order chi connectivity index (χ1) is 6.83. The highest BCUT2D eigenvalue weighted by Gasteiger charge is 1.93. The molecule has 1 radical (unpaired) electrons. The summed E-state index contributed by atoms with van der Waals surface area (Å²) >= 11 is 2.24. The average molecular weight is 307 g/mol. The lowest BCUT2D eigenvalue weighted by atomic mass is 10.3. The van der Waals surface area contributed by atoms with Gasteiger partial charge in [-0.15, -0.1) is 0 Å². The molecule has 1 aromatic rings. The van der Waals surface area contributed by atoms with Gasteiger partial charge in [-0.1, -0.05) is 0 Å². The van der Waals surface area contributed by atoms with Gasteiger partial charge in [0.05, 0.1) is 13.2 Å². The predicted octanol–water partition coefficient (Wildman–Crippen LogP) is 2.12. The molecule has 0 unspecified atom stereocenters. The Morgan fingerprint density at radius 3 is 2.43 bits per heavy atom. The Morgan fingerprint density at radius 1 is 1.07 bits per heavy atom. The van der Waals surface area contributed by atoms with E-state index in [0.29, 0.717) is 13.2 Å². The van der Waals surface area contributed by atoms with Crippen LogP contribution < -0.4 is 4.74 Å². The van der Waals surface area contributed by atoms with Crippen LogP contribution >= 0.6 is 22.6 Å². The van der Waals surface area contributed by atoms with Crippen LogP contribution in [-0.2, 0) is 9.84 Å². The molecule has 77 valence electrons. The van der Waals surface area contributed by atoms with E-state index in [1.54, 1.807) is 0 Å². The maximum atomic E-state index is 10.0. The van der Waals surface area contributed by atoms with Crippen molar-refractivity contribution in [1.82, 2.24) is 0 Å². The van der Waals surface area contributed by atoms with Gasteiger partial charge >= 0.3 is 0 Å². The third kappa shape index (κ3) is 4.78. The topological polar surface area (TPSA) is 38.4 Å². The Labute approximate surface area is 97.2 Å². The first-order valence-electron chi connectivity index (χ1n) is 4.37. The fourth-order valence-electron chi connectivity index (χ4n) is 0.910. The van der Waals surface area contributed by atoms with E-state index < -0.39 is 0 Å². The second-order valence-electron chi connectivity index (χ2n) is 2.62. The highest BCUT2D eigenvalue weighted by Crippen LogP contribution is 2.12. The predicted molar refractivity (Wildman–Crippen MR) is 61.0 cm³/mol. The maximum Gasteiger partial charge on any atom is 0.119 e. The van der Waals surface area contributed by atoms with Gasteiger partial charge in [-0.2, -0.15) is 0 Å². The molecule has 0 atom stereocenters. The highest BCUT2D eigenvalue weighted by molar-refractivity contribution is 14.1. The van der Waals surface area contributed by atoms with Crippen molar-refractivity contribution in [3.63, 3.8) is 0 Å². The van der Waals surface area contributed by atoms with E-state index in [1.807, 2.05) is 24.3 Å². The second-order valence-corrected chi connectivity index (χ2v) is 3.86. The lowest BCUT2D eigenvalue weighted by molar-refractivity contribution is 0.0486. The summed E-state index contributed by atoms with van der Waals surface area (Å²) in [4.78, 5) is 0. The minimum absolute atomic E-state index is 0.191. The van der Waals surface area contributed by atoms with Gasteiger partial charge in [-0.25, -0.2) is 5.11 Å². The molecule has 0 saturated carbocycles. The van der Waals surface area contributed by atoms with E-state index >= 15 is 0 Å². The van der Waals surface area contributed by atoms with Crippen LogP contribution in [0.1, 0.15) is 0 Å². The Kier molecular flexibility index (Phi) is 5.89. The van der Waals surface area contributed by atoms with Crippen LogP contribution in [0, 0.1) is 3.57 Å². The smallest absolute Gasteiger partial charge is 0.119 e. The Hall–Kier alpha value is -0.330. The van der Waals surface area contributed by atoms with Gasteiger partial charge in [0.25, 0.3) is 0 Å². The zero-order valence-corrected chi connectivity index (χ0v) is 9.90. The number of halogens is 1. The van der Waals surface area contributed by atoms with Crippen LogP contribution in [0.2, 0.25) is 0 Å². The van der Waals surface area contributed by atoms with E-state index in [0.717, 1.165) is 5.75 Å². The fourth-order valence-corrected chi connectivity index (χ4v) is 1.27. The molecule has 4 heteroatoms. The normalized spacial score (nSPS) is 10.1. The van der Waals surface area contributed by atoms with Crippen molar-refractivity contribution in [3.8, 4) is 5.75 Å². The minimum Gasteiger partial charge on any atom is -0.491 e.